The lowest BCUT2D eigenvalue weighted by atomic mass is 10.3. The first kappa shape index (κ1) is 17.9. The summed E-state index contributed by atoms with van der Waals surface area (Å²) in [5, 5.41) is 2.89. The van der Waals surface area contributed by atoms with Crippen LogP contribution in [0, 0.1) is 0 Å². The van der Waals surface area contributed by atoms with Crippen LogP contribution in [0.25, 0.3) is 10.8 Å². The highest BCUT2D eigenvalue weighted by Gasteiger charge is 2.32. The predicted octanol–water partition coefficient (Wildman–Crippen LogP) is 1.20. The van der Waals surface area contributed by atoms with Crippen LogP contribution in [0.4, 0.5) is 0 Å². The Bertz CT molecular complexity index is 823. The van der Waals surface area contributed by atoms with Crippen molar-refractivity contribution in [1.29, 1.82) is 0 Å². The number of thiazole rings is 1. The molecule has 0 saturated carbocycles. The van der Waals surface area contributed by atoms with Gasteiger partial charge in [-0.2, -0.15) is 0 Å². The summed E-state index contributed by atoms with van der Waals surface area (Å²) in [6.07, 6.45) is 2.07. The summed E-state index contributed by atoms with van der Waals surface area (Å²) in [6, 6.07) is 3.73. The first-order valence-electron chi connectivity index (χ1n) is 8.92. The van der Waals surface area contributed by atoms with Crippen LogP contribution in [0.15, 0.2) is 28.2 Å². The Hall–Kier alpha value is -2.52. The molecule has 0 unspecified atom stereocenters. The summed E-state index contributed by atoms with van der Waals surface area (Å²) >= 11 is 1.55. The van der Waals surface area contributed by atoms with Crippen molar-refractivity contribution in [3.05, 3.63) is 29.5 Å². The second-order valence-electron chi connectivity index (χ2n) is 6.65. The number of piperazine rings is 1. The van der Waals surface area contributed by atoms with Crippen LogP contribution in [0.3, 0.4) is 0 Å². The molecule has 4 heterocycles. The molecule has 0 aromatic carbocycles. The molecule has 0 N–H and O–H groups in total. The van der Waals surface area contributed by atoms with Crippen LogP contribution in [-0.2, 0) is 20.9 Å². The minimum absolute atomic E-state index is 0.129. The predicted molar refractivity (Wildman–Crippen MR) is 97.6 cm³/mol. The van der Waals surface area contributed by atoms with Gasteiger partial charge in [-0.25, -0.2) is 4.98 Å². The maximum atomic E-state index is 12.4. The Morgan fingerprint density at radius 3 is 2.56 bits per heavy atom. The number of hydrogen-bond donors (Lipinski definition) is 0. The lowest BCUT2D eigenvalue weighted by molar-refractivity contribution is -0.146. The van der Waals surface area contributed by atoms with E-state index in [4.69, 9.17) is 4.42 Å². The average Bonchev–Trinajstić information content (AvgIpc) is 3.41. The van der Waals surface area contributed by atoms with Crippen LogP contribution in [0.5, 0.6) is 0 Å². The third-order valence-electron chi connectivity index (χ3n) is 4.84. The monoisotopic (exact) mass is 388 g/mol. The average molecular weight is 388 g/mol. The number of amides is 3. The molecule has 3 amide bonds. The Morgan fingerprint density at radius 1 is 1.15 bits per heavy atom. The zero-order valence-corrected chi connectivity index (χ0v) is 15.6. The molecule has 2 aliphatic rings. The van der Waals surface area contributed by atoms with E-state index in [2.05, 4.69) is 9.88 Å². The van der Waals surface area contributed by atoms with Gasteiger partial charge in [-0.1, -0.05) is 0 Å². The summed E-state index contributed by atoms with van der Waals surface area (Å²) in [5.74, 6) is 0.116. The molecule has 27 heavy (non-hydrogen) atoms. The van der Waals surface area contributed by atoms with E-state index < -0.39 is 0 Å². The van der Waals surface area contributed by atoms with E-state index in [-0.39, 0.29) is 37.1 Å². The second kappa shape index (κ2) is 7.61. The van der Waals surface area contributed by atoms with Gasteiger partial charge in [0.1, 0.15) is 6.54 Å². The highest BCUT2D eigenvalue weighted by atomic mass is 32.1. The number of carbonyl (C=O) groups is 3. The fourth-order valence-corrected chi connectivity index (χ4v) is 4.09. The summed E-state index contributed by atoms with van der Waals surface area (Å²) in [7, 11) is 0. The molecule has 9 heteroatoms. The fraction of sp³-hybridized carbons (Fsp3) is 0.444. The molecule has 142 valence electrons. The van der Waals surface area contributed by atoms with Gasteiger partial charge in [-0.3, -0.25) is 24.2 Å². The molecular formula is C18H20N4O4S. The van der Waals surface area contributed by atoms with Gasteiger partial charge in [0.05, 0.1) is 12.0 Å². The normalized spacial score (nSPS) is 18.5. The lowest BCUT2D eigenvalue weighted by Crippen LogP contribution is -2.51. The number of nitrogens with zero attached hydrogens (tertiary/aromatic N) is 4. The van der Waals surface area contributed by atoms with E-state index in [0.29, 0.717) is 13.1 Å². The number of imide groups is 1. The van der Waals surface area contributed by atoms with E-state index in [9.17, 15) is 14.4 Å². The van der Waals surface area contributed by atoms with E-state index in [1.54, 1.807) is 22.5 Å². The summed E-state index contributed by atoms with van der Waals surface area (Å²) in [6.45, 7) is 3.25. The van der Waals surface area contributed by atoms with Gasteiger partial charge in [0, 0.05) is 50.9 Å². The Morgan fingerprint density at radius 2 is 1.89 bits per heavy atom. The van der Waals surface area contributed by atoms with Crippen molar-refractivity contribution in [3.63, 3.8) is 0 Å². The van der Waals surface area contributed by atoms with Crippen molar-refractivity contribution in [3.8, 4) is 10.8 Å². The number of furan rings is 1. The van der Waals surface area contributed by atoms with E-state index in [0.717, 1.165) is 41.0 Å². The first-order valence-corrected chi connectivity index (χ1v) is 9.80. The van der Waals surface area contributed by atoms with Gasteiger partial charge in [-0.15, -0.1) is 11.3 Å². The van der Waals surface area contributed by atoms with E-state index in [1.807, 2.05) is 17.5 Å². The summed E-state index contributed by atoms with van der Waals surface area (Å²) < 4.78 is 5.37. The van der Waals surface area contributed by atoms with Crippen molar-refractivity contribution in [2.24, 2.45) is 0 Å². The Kier molecular flexibility index (Phi) is 5.04. The minimum atomic E-state index is -0.247. The Labute approximate surface area is 160 Å². The standard InChI is InChI=1S/C18H20N4O4S/c23-15-3-4-16(24)22(15)11-17(25)21-7-5-20(6-8-21)10-13-12-27-18(19-13)14-2-1-9-26-14/h1-2,9,12H,3-8,10-11H2. The minimum Gasteiger partial charge on any atom is -0.462 e. The molecular weight excluding hydrogens is 368 g/mol. The number of aromatic nitrogens is 1. The van der Waals surface area contributed by atoms with Crippen LogP contribution < -0.4 is 0 Å². The zero-order chi connectivity index (χ0) is 18.8. The molecule has 2 aromatic rings. The third kappa shape index (κ3) is 3.93. The number of carbonyl (C=O) groups excluding carboxylic acids is 3. The van der Waals surface area contributed by atoms with E-state index in [1.165, 1.54) is 0 Å². The molecule has 0 aliphatic carbocycles. The smallest absolute Gasteiger partial charge is 0.242 e. The molecule has 2 aliphatic heterocycles. The SMILES string of the molecule is O=C(CN1C(=O)CCC1=O)N1CCN(Cc2csc(-c3ccco3)n2)CC1. The number of hydrogen-bond acceptors (Lipinski definition) is 7. The zero-order valence-electron chi connectivity index (χ0n) is 14.8. The highest BCUT2D eigenvalue weighted by molar-refractivity contribution is 7.13. The molecule has 2 saturated heterocycles. The van der Waals surface area contributed by atoms with Gasteiger partial charge < -0.3 is 9.32 Å². The maximum absolute atomic E-state index is 12.4. The van der Waals surface area contributed by atoms with Gasteiger partial charge in [-0.05, 0) is 12.1 Å². The second-order valence-corrected chi connectivity index (χ2v) is 7.51. The lowest BCUT2D eigenvalue weighted by Gasteiger charge is -2.35. The molecule has 4 rings (SSSR count). The van der Waals surface area contributed by atoms with Gasteiger partial charge in [0.15, 0.2) is 10.8 Å². The number of likely N-dealkylation sites (tertiary alicyclic amines) is 1. The highest BCUT2D eigenvalue weighted by Crippen LogP contribution is 2.24. The van der Waals surface area contributed by atoms with Crippen LogP contribution in [0.1, 0.15) is 18.5 Å². The third-order valence-corrected chi connectivity index (χ3v) is 5.75. The van der Waals surface area contributed by atoms with Crippen LogP contribution >= 0.6 is 11.3 Å². The van der Waals surface area contributed by atoms with Gasteiger partial charge >= 0.3 is 0 Å². The van der Waals surface area contributed by atoms with Gasteiger partial charge in [0.25, 0.3) is 0 Å². The molecule has 0 radical (unpaired) electrons. The topological polar surface area (TPSA) is 87.0 Å². The van der Waals surface area contributed by atoms with Crippen molar-refractivity contribution in [2.45, 2.75) is 19.4 Å². The summed E-state index contributed by atoms with van der Waals surface area (Å²) in [4.78, 5) is 45.4. The quantitative estimate of drug-likeness (QED) is 0.716. The molecule has 2 aromatic heterocycles. The summed E-state index contributed by atoms with van der Waals surface area (Å²) in [5.41, 5.74) is 0.986. The largest absolute Gasteiger partial charge is 0.462 e. The molecule has 2 fully saturated rings. The Balaban J connectivity index is 1.27. The molecule has 0 atom stereocenters. The molecule has 8 nitrogen and oxygen atoms in total. The first-order chi connectivity index (χ1) is 13.1. The maximum Gasteiger partial charge on any atom is 0.242 e. The van der Waals surface area contributed by atoms with Crippen molar-refractivity contribution in [1.82, 2.24) is 19.7 Å². The molecule has 0 spiro atoms. The number of rotatable bonds is 5. The van der Waals surface area contributed by atoms with Crippen molar-refractivity contribution >= 4 is 29.1 Å². The van der Waals surface area contributed by atoms with Gasteiger partial charge in [0.2, 0.25) is 17.7 Å². The van der Waals surface area contributed by atoms with Crippen LogP contribution in [0.2, 0.25) is 0 Å². The van der Waals surface area contributed by atoms with Crippen LogP contribution in [-0.4, -0.2) is 70.1 Å². The fourth-order valence-electron chi connectivity index (χ4n) is 3.31. The van der Waals surface area contributed by atoms with Crippen molar-refractivity contribution in [2.75, 3.05) is 32.7 Å². The van der Waals surface area contributed by atoms with E-state index >= 15 is 0 Å². The van der Waals surface area contributed by atoms with Crippen molar-refractivity contribution < 1.29 is 18.8 Å². The molecule has 0 bridgehead atoms.